The van der Waals surface area contributed by atoms with Crippen molar-refractivity contribution in [1.29, 1.82) is 0 Å². The van der Waals surface area contributed by atoms with Gasteiger partial charge < -0.3 is 9.31 Å². The van der Waals surface area contributed by atoms with Crippen LogP contribution in [0.2, 0.25) is 18.4 Å². The Labute approximate surface area is 191 Å². The predicted octanol–water partition coefficient (Wildman–Crippen LogP) is 6.31. The summed E-state index contributed by atoms with van der Waals surface area (Å²) < 4.78 is 13.2. The number of unbranched alkanes of at least 4 members (excludes halogenated alkanes) is 3. The first kappa shape index (κ1) is 24.3. The molecule has 0 bridgehead atoms. The van der Waals surface area contributed by atoms with Gasteiger partial charge in [0.25, 0.3) is 0 Å². The quantitative estimate of drug-likeness (QED) is 0.321. The third-order valence-electron chi connectivity index (χ3n) is 7.58. The van der Waals surface area contributed by atoms with Gasteiger partial charge in [-0.2, -0.15) is 0 Å². The fraction of sp³-hybridized carbons (Fsp3) is 0.556. The maximum absolute atomic E-state index is 6.60. The van der Waals surface area contributed by atoms with Crippen molar-refractivity contribution in [3.63, 3.8) is 0 Å². The van der Waals surface area contributed by atoms with E-state index < -0.39 is 8.07 Å². The Hall–Kier alpha value is -1.36. The van der Waals surface area contributed by atoms with E-state index in [-0.39, 0.29) is 18.3 Å². The molecule has 168 valence electrons. The minimum atomic E-state index is -1.95. The zero-order chi connectivity index (χ0) is 22.5. The Balaban J connectivity index is 1.93. The first-order valence-corrected chi connectivity index (χ1v) is 14.9. The molecule has 31 heavy (non-hydrogen) atoms. The van der Waals surface area contributed by atoms with E-state index in [1.54, 1.807) is 0 Å². The summed E-state index contributed by atoms with van der Waals surface area (Å²) in [6.07, 6.45) is 6.28. The Kier molecular flexibility index (Phi) is 7.88. The molecule has 1 heterocycles. The highest BCUT2D eigenvalue weighted by molar-refractivity contribution is 7.01. The Morgan fingerprint density at radius 2 is 1.26 bits per heavy atom. The molecule has 1 aliphatic heterocycles. The van der Waals surface area contributed by atoms with Crippen LogP contribution in [0.4, 0.5) is 0 Å². The molecule has 4 heteroatoms. The first-order valence-electron chi connectivity index (χ1n) is 12.2. The van der Waals surface area contributed by atoms with Gasteiger partial charge in [-0.05, 0) is 39.6 Å². The Morgan fingerprint density at radius 3 is 1.71 bits per heavy atom. The molecule has 2 aromatic carbocycles. The van der Waals surface area contributed by atoms with Crippen LogP contribution in [0.5, 0.6) is 0 Å². The lowest BCUT2D eigenvalue weighted by molar-refractivity contribution is 0.00578. The lowest BCUT2D eigenvalue weighted by Crippen LogP contribution is -2.57. The van der Waals surface area contributed by atoms with Crippen molar-refractivity contribution in [2.24, 2.45) is 0 Å². The maximum Gasteiger partial charge on any atom is 0.460 e. The molecule has 0 radical (unpaired) electrons. The maximum atomic E-state index is 6.60. The van der Waals surface area contributed by atoms with Gasteiger partial charge in [0.1, 0.15) is 8.07 Å². The monoisotopic (exact) mass is 436 g/mol. The van der Waals surface area contributed by atoms with Crippen LogP contribution in [-0.2, 0) is 9.31 Å². The molecule has 0 aliphatic carbocycles. The van der Waals surface area contributed by atoms with Crippen molar-refractivity contribution in [2.45, 2.75) is 96.3 Å². The average molecular weight is 437 g/mol. The van der Waals surface area contributed by atoms with Crippen molar-refractivity contribution in [3.05, 3.63) is 60.7 Å². The van der Waals surface area contributed by atoms with E-state index in [2.05, 4.69) is 102 Å². The van der Waals surface area contributed by atoms with Crippen LogP contribution in [-0.4, -0.2) is 26.4 Å². The zero-order valence-electron chi connectivity index (χ0n) is 20.5. The van der Waals surface area contributed by atoms with Gasteiger partial charge in [-0.15, -0.1) is 0 Å². The summed E-state index contributed by atoms with van der Waals surface area (Å²) in [5.41, 5.74) is -0.562. The lowest BCUT2D eigenvalue weighted by atomic mass is 9.70. The largest absolute Gasteiger partial charge is 0.460 e. The van der Waals surface area contributed by atoms with Crippen LogP contribution < -0.4 is 10.4 Å². The second kappa shape index (κ2) is 10.1. The Bertz CT molecular complexity index is 751. The van der Waals surface area contributed by atoms with E-state index in [1.165, 1.54) is 42.5 Å². The van der Waals surface area contributed by atoms with Gasteiger partial charge in [-0.1, -0.05) is 117 Å². The van der Waals surface area contributed by atoms with E-state index in [0.29, 0.717) is 5.82 Å². The van der Waals surface area contributed by atoms with Crippen molar-refractivity contribution < 1.29 is 9.31 Å². The van der Waals surface area contributed by atoms with Gasteiger partial charge in [0.2, 0.25) is 0 Å². The fourth-order valence-corrected chi connectivity index (χ4v) is 8.89. The van der Waals surface area contributed by atoms with Crippen LogP contribution in [0.15, 0.2) is 60.7 Å². The molecule has 2 aromatic rings. The molecule has 3 rings (SSSR count). The van der Waals surface area contributed by atoms with Crippen molar-refractivity contribution in [3.8, 4) is 0 Å². The SMILES string of the molecule is CCCCCCC(C[Si](C)(c1ccccc1)c1ccccc1)B1OC(C)(C)C(C)(C)O1. The van der Waals surface area contributed by atoms with Crippen LogP contribution in [0.3, 0.4) is 0 Å². The minimum absolute atomic E-state index is 0.133. The van der Waals surface area contributed by atoms with E-state index in [1.807, 2.05) is 0 Å². The van der Waals surface area contributed by atoms with Gasteiger partial charge in [-0.25, -0.2) is 0 Å². The van der Waals surface area contributed by atoms with Crippen LogP contribution >= 0.6 is 0 Å². The zero-order valence-corrected chi connectivity index (χ0v) is 21.5. The number of benzene rings is 2. The molecule has 1 atom stereocenters. The molecule has 1 aliphatic rings. The molecule has 1 unspecified atom stereocenters. The van der Waals surface area contributed by atoms with Gasteiger partial charge in [0, 0.05) is 0 Å². The van der Waals surface area contributed by atoms with Crippen LogP contribution in [0.1, 0.15) is 66.7 Å². The van der Waals surface area contributed by atoms with Crippen molar-refractivity contribution >= 4 is 25.6 Å². The predicted molar refractivity (Wildman–Crippen MR) is 137 cm³/mol. The van der Waals surface area contributed by atoms with E-state index >= 15 is 0 Å². The highest BCUT2D eigenvalue weighted by Gasteiger charge is 2.54. The molecule has 0 N–H and O–H groups in total. The smallest absolute Gasteiger partial charge is 0.403 e. The summed E-state index contributed by atoms with van der Waals surface area (Å²) in [5, 5.41) is 2.99. The summed E-state index contributed by atoms with van der Waals surface area (Å²) in [7, 11) is -2.09. The number of hydrogen-bond acceptors (Lipinski definition) is 2. The molecular formula is C27H41BO2Si. The molecule has 1 saturated heterocycles. The van der Waals surface area contributed by atoms with Gasteiger partial charge in [0.05, 0.1) is 11.2 Å². The molecule has 0 amide bonds. The lowest BCUT2D eigenvalue weighted by Gasteiger charge is -2.33. The van der Waals surface area contributed by atoms with Crippen LogP contribution in [0, 0.1) is 0 Å². The molecule has 2 nitrogen and oxygen atoms in total. The highest BCUT2D eigenvalue weighted by atomic mass is 28.3. The first-order chi connectivity index (χ1) is 14.7. The van der Waals surface area contributed by atoms with E-state index in [4.69, 9.17) is 9.31 Å². The third-order valence-corrected chi connectivity index (χ3v) is 12.1. The summed E-state index contributed by atoms with van der Waals surface area (Å²) in [6, 6.07) is 23.5. The van der Waals surface area contributed by atoms with Gasteiger partial charge in [-0.3, -0.25) is 0 Å². The molecule has 0 saturated carbocycles. The van der Waals surface area contributed by atoms with Crippen molar-refractivity contribution in [1.82, 2.24) is 0 Å². The summed E-state index contributed by atoms with van der Waals surface area (Å²) in [4.78, 5) is 0. The molecule has 0 aromatic heterocycles. The third kappa shape index (κ3) is 5.53. The van der Waals surface area contributed by atoms with Crippen LogP contribution in [0.25, 0.3) is 0 Å². The summed E-state index contributed by atoms with van der Waals surface area (Å²) in [5.74, 6) is 0.398. The normalized spacial score (nSPS) is 18.8. The number of rotatable bonds is 10. The Morgan fingerprint density at radius 1 is 0.774 bits per heavy atom. The van der Waals surface area contributed by atoms with E-state index in [0.717, 1.165) is 6.04 Å². The standard InChI is InChI=1S/C27H41BO2Si/c1-7-8-9-12-17-23(28-29-26(2,3)27(4,5)30-28)22-31(6,24-18-13-10-14-19-24)25-20-15-11-16-21-25/h10-11,13-16,18-21,23H,7-9,12,17,22H2,1-6H3. The fourth-order valence-electron chi connectivity index (χ4n) is 4.79. The van der Waals surface area contributed by atoms with Gasteiger partial charge >= 0.3 is 7.12 Å². The highest BCUT2D eigenvalue weighted by Crippen LogP contribution is 2.43. The summed E-state index contributed by atoms with van der Waals surface area (Å²) >= 11 is 0. The topological polar surface area (TPSA) is 18.5 Å². The second-order valence-electron chi connectivity index (χ2n) is 10.5. The van der Waals surface area contributed by atoms with E-state index in [9.17, 15) is 0 Å². The number of hydrogen-bond donors (Lipinski definition) is 0. The molecule has 1 fully saturated rings. The minimum Gasteiger partial charge on any atom is -0.403 e. The molecular weight excluding hydrogens is 395 g/mol. The average Bonchev–Trinajstić information content (AvgIpc) is 2.98. The second-order valence-corrected chi connectivity index (χ2v) is 14.7. The van der Waals surface area contributed by atoms with Gasteiger partial charge in [0.15, 0.2) is 0 Å². The van der Waals surface area contributed by atoms with Crippen molar-refractivity contribution in [2.75, 3.05) is 0 Å². The molecule has 0 spiro atoms. The summed E-state index contributed by atoms with van der Waals surface area (Å²) in [6.45, 7) is 13.5.